The Hall–Kier alpha value is -2.32. The van der Waals surface area contributed by atoms with Crippen LogP contribution in [0, 0.1) is 5.92 Å². The first-order valence-electron chi connectivity index (χ1n) is 11.4. The Labute approximate surface area is 204 Å². The smallest absolute Gasteiger partial charge is 0.311 e. The second-order valence-corrected chi connectivity index (χ2v) is 8.90. The number of unbranched alkanes of at least 4 members (excludes halogenated alkanes) is 1. The summed E-state index contributed by atoms with van der Waals surface area (Å²) in [6, 6.07) is 1.02. The standard InChI is InChI=1S/C25H33ClF3N3O2/c1-4-5-6-10-22(30)20(16(2)23(33)19-8-7-9-19)14-31-12-18-11-21(26)24(32-13-18)34-15-25(28,29)17(3)27/h6,10-11,13-14,17,19,22,31H,2,4-5,7-9,12,15,30H2,1,3H3/b10-6-,20-14-. The molecule has 0 amide bonds. The number of Topliss-reactive ketones (excluding diaryl/α,β-unsaturated/α-hetero) is 1. The highest BCUT2D eigenvalue weighted by atomic mass is 35.5. The average molecular weight is 500 g/mol. The molecular weight excluding hydrogens is 467 g/mol. The van der Waals surface area contributed by atoms with E-state index in [4.69, 9.17) is 22.1 Å². The molecule has 0 radical (unpaired) electrons. The summed E-state index contributed by atoms with van der Waals surface area (Å²) in [5.41, 5.74) is 7.97. The highest BCUT2D eigenvalue weighted by Gasteiger charge is 2.38. The zero-order valence-corrected chi connectivity index (χ0v) is 20.4. The lowest BCUT2D eigenvalue weighted by Crippen LogP contribution is -2.34. The number of rotatable bonds is 14. The van der Waals surface area contributed by atoms with Crippen molar-refractivity contribution in [3.63, 3.8) is 0 Å². The summed E-state index contributed by atoms with van der Waals surface area (Å²) in [6.07, 6.45) is 9.21. The molecule has 3 N–H and O–H groups in total. The molecule has 2 rings (SSSR count). The van der Waals surface area contributed by atoms with Crippen LogP contribution in [0.25, 0.3) is 0 Å². The fourth-order valence-electron chi connectivity index (χ4n) is 3.18. The topological polar surface area (TPSA) is 77.2 Å². The van der Waals surface area contributed by atoms with Gasteiger partial charge in [-0.2, -0.15) is 8.78 Å². The van der Waals surface area contributed by atoms with Crippen molar-refractivity contribution in [1.82, 2.24) is 10.3 Å². The number of nitrogens with one attached hydrogen (secondary N) is 1. The van der Waals surface area contributed by atoms with Crippen LogP contribution in [0.2, 0.25) is 5.02 Å². The van der Waals surface area contributed by atoms with Crippen LogP contribution in [0.3, 0.4) is 0 Å². The molecule has 1 saturated carbocycles. The molecule has 2 atom stereocenters. The highest BCUT2D eigenvalue weighted by molar-refractivity contribution is 6.31. The highest BCUT2D eigenvalue weighted by Crippen LogP contribution is 2.31. The number of pyridine rings is 1. The first-order chi connectivity index (χ1) is 16.1. The van der Waals surface area contributed by atoms with Gasteiger partial charge in [0, 0.05) is 30.4 Å². The van der Waals surface area contributed by atoms with E-state index in [0.29, 0.717) is 16.7 Å². The molecule has 34 heavy (non-hydrogen) atoms. The van der Waals surface area contributed by atoms with E-state index in [1.807, 2.05) is 12.2 Å². The van der Waals surface area contributed by atoms with Gasteiger partial charge in [-0.25, -0.2) is 9.37 Å². The van der Waals surface area contributed by atoms with Crippen molar-refractivity contribution in [1.29, 1.82) is 0 Å². The van der Waals surface area contributed by atoms with Gasteiger partial charge >= 0.3 is 5.92 Å². The van der Waals surface area contributed by atoms with Gasteiger partial charge in [0.25, 0.3) is 0 Å². The minimum absolute atomic E-state index is 0.00559. The zero-order chi connectivity index (χ0) is 25.3. The SMILES string of the molecule is C=C(C(=O)C1CCC1)/C(=C/NCc1cnc(OCC(F)(F)C(C)F)c(Cl)c1)C(N)/C=C\CCC. The molecule has 1 aliphatic carbocycles. The normalized spacial score (nSPS) is 16.7. The van der Waals surface area contributed by atoms with Crippen molar-refractivity contribution in [3.8, 4) is 5.88 Å². The van der Waals surface area contributed by atoms with Gasteiger partial charge in [0.1, 0.15) is 5.02 Å². The first kappa shape index (κ1) is 27.9. The van der Waals surface area contributed by atoms with Crippen molar-refractivity contribution in [2.45, 2.75) is 70.6 Å². The zero-order valence-electron chi connectivity index (χ0n) is 19.6. The van der Waals surface area contributed by atoms with Gasteiger partial charge in [-0.15, -0.1) is 0 Å². The molecule has 9 heteroatoms. The number of nitrogens with zero attached hydrogens (tertiary/aromatic N) is 1. The van der Waals surface area contributed by atoms with Crippen molar-refractivity contribution in [2.24, 2.45) is 11.7 Å². The number of aromatic nitrogens is 1. The number of allylic oxidation sites excluding steroid dienone is 1. The third-order valence-electron chi connectivity index (χ3n) is 5.69. The van der Waals surface area contributed by atoms with E-state index in [1.165, 1.54) is 12.3 Å². The molecule has 1 heterocycles. The van der Waals surface area contributed by atoms with Crippen molar-refractivity contribution < 1.29 is 22.7 Å². The van der Waals surface area contributed by atoms with E-state index in [-0.39, 0.29) is 29.1 Å². The van der Waals surface area contributed by atoms with E-state index >= 15 is 0 Å². The fourth-order valence-corrected chi connectivity index (χ4v) is 3.43. The number of nitrogens with two attached hydrogens (primary N) is 1. The minimum Gasteiger partial charge on any atom is -0.470 e. The predicted octanol–water partition coefficient (Wildman–Crippen LogP) is 5.69. The van der Waals surface area contributed by atoms with E-state index in [0.717, 1.165) is 39.0 Å². The Bertz CT molecular complexity index is 915. The van der Waals surface area contributed by atoms with E-state index in [9.17, 15) is 18.0 Å². The maximum Gasteiger partial charge on any atom is 0.311 e. The summed E-state index contributed by atoms with van der Waals surface area (Å²) in [5.74, 6) is -3.82. The summed E-state index contributed by atoms with van der Waals surface area (Å²) in [6.45, 7) is 5.94. The molecule has 1 fully saturated rings. The number of hydrogen-bond donors (Lipinski definition) is 2. The third-order valence-corrected chi connectivity index (χ3v) is 5.96. The number of carbonyl (C=O) groups excluding carboxylic acids is 1. The number of ketones is 1. The van der Waals surface area contributed by atoms with Gasteiger partial charge in [-0.3, -0.25) is 4.79 Å². The van der Waals surface area contributed by atoms with Crippen molar-refractivity contribution in [2.75, 3.05) is 6.61 Å². The number of carbonyl (C=O) groups is 1. The molecular formula is C25H33ClF3N3O2. The Morgan fingerprint density at radius 3 is 2.74 bits per heavy atom. The molecule has 0 aromatic carbocycles. The monoisotopic (exact) mass is 499 g/mol. The molecule has 1 aromatic heterocycles. The lowest BCUT2D eigenvalue weighted by molar-refractivity contribution is -0.121. The fraction of sp³-hybridized carbons (Fsp3) is 0.520. The minimum atomic E-state index is -3.64. The number of ether oxygens (including phenoxy) is 1. The second-order valence-electron chi connectivity index (χ2n) is 8.49. The van der Waals surface area contributed by atoms with Gasteiger partial charge < -0.3 is 15.8 Å². The van der Waals surface area contributed by atoms with E-state index in [2.05, 4.69) is 23.8 Å². The lowest BCUT2D eigenvalue weighted by Gasteiger charge is -2.26. The van der Waals surface area contributed by atoms with Gasteiger partial charge in [-0.1, -0.05) is 50.1 Å². The van der Waals surface area contributed by atoms with Crippen LogP contribution < -0.4 is 15.8 Å². The number of halogens is 4. The predicted molar refractivity (Wildman–Crippen MR) is 129 cm³/mol. The molecule has 0 spiro atoms. The Morgan fingerprint density at radius 1 is 1.47 bits per heavy atom. The van der Waals surface area contributed by atoms with E-state index < -0.39 is 24.7 Å². The van der Waals surface area contributed by atoms with Crippen LogP contribution in [0.1, 0.15) is 51.5 Å². The second kappa shape index (κ2) is 13.0. The van der Waals surface area contributed by atoms with Gasteiger partial charge in [0.2, 0.25) is 5.88 Å². The number of alkyl halides is 3. The number of hydrogen-bond acceptors (Lipinski definition) is 5. The molecule has 0 saturated heterocycles. The van der Waals surface area contributed by atoms with Crippen LogP contribution in [0.4, 0.5) is 13.2 Å². The molecule has 0 aliphatic heterocycles. The molecule has 188 valence electrons. The molecule has 5 nitrogen and oxygen atoms in total. The van der Waals surface area contributed by atoms with Crippen molar-refractivity contribution >= 4 is 17.4 Å². The molecule has 0 bridgehead atoms. The van der Waals surface area contributed by atoms with Crippen LogP contribution in [-0.4, -0.2) is 35.5 Å². The van der Waals surface area contributed by atoms with Gasteiger partial charge in [0.15, 0.2) is 18.6 Å². The molecule has 2 unspecified atom stereocenters. The van der Waals surface area contributed by atoms with Crippen LogP contribution in [0.5, 0.6) is 5.88 Å². The Morgan fingerprint density at radius 2 is 2.18 bits per heavy atom. The molecule has 1 aromatic rings. The van der Waals surface area contributed by atoms with Crippen LogP contribution >= 0.6 is 11.6 Å². The largest absolute Gasteiger partial charge is 0.470 e. The van der Waals surface area contributed by atoms with Crippen LogP contribution in [-0.2, 0) is 11.3 Å². The van der Waals surface area contributed by atoms with Gasteiger partial charge in [-0.05, 0) is 43.4 Å². The van der Waals surface area contributed by atoms with Gasteiger partial charge in [0.05, 0.1) is 6.04 Å². The summed E-state index contributed by atoms with van der Waals surface area (Å²) >= 11 is 6.09. The lowest BCUT2D eigenvalue weighted by atomic mass is 9.78. The summed E-state index contributed by atoms with van der Waals surface area (Å²) in [5, 5.41) is 3.13. The summed E-state index contributed by atoms with van der Waals surface area (Å²) < 4.78 is 44.7. The van der Waals surface area contributed by atoms with E-state index in [1.54, 1.807) is 6.20 Å². The van der Waals surface area contributed by atoms with Crippen molar-refractivity contribution in [3.05, 3.63) is 58.9 Å². The van der Waals surface area contributed by atoms with Crippen LogP contribution in [0.15, 0.2) is 48.3 Å². The molecule has 1 aliphatic rings. The maximum atomic E-state index is 13.4. The summed E-state index contributed by atoms with van der Waals surface area (Å²) in [7, 11) is 0. The average Bonchev–Trinajstić information content (AvgIpc) is 2.74. The maximum absolute atomic E-state index is 13.4. The third kappa shape index (κ3) is 7.87. The summed E-state index contributed by atoms with van der Waals surface area (Å²) in [4.78, 5) is 16.7. The quantitative estimate of drug-likeness (QED) is 0.195. The first-order valence-corrected chi connectivity index (χ1v) is 11.8. The Balaban J connectivity index is 2.07. The Kier molecular flexibility index (Phi) is 10.6.